The molecule has 1 heterocycles. The predicted octanol–water partition coefficient (Wildman–Crippen LogP) is 1.72. The molecule has 1 aliphatic rings. The topological polar surface area (TPSA) is 44.7 Å². The summed E-state index contributed by atoms with van der Waals surface area (Å²) in [6.07, 6.45) is 0.508. The summed E-state index contributed by atoms with van der Waals surface area (Å²) in [5.41, 5.74) is 0.131. The molecule has 5 heteroatoms. The van der Waals surface area contributed by atoms with Gasteiger partial charge in [0, 0.05) is 30.8 Å². The van der Waals surface area contributed by atoms with Crippen LogP contribution in [-0.2, 0) is 4.79 Å². The lowest BCUT2D eigenvalue weighted by atomic mass is 10.1. The minimum absolute atomic E-state index is 0.131. The summed E-state index contributed by atoms with van der Waals surface area (Å²) >= 11 is 1.73. The summed E-state index contributed by atoms with van der Waals surface area (Å²) in [5.74, 6) is 1.23. The van der Waals surface area contributed by atoms with Gasteiger partial charge < -0.3 is 10.2 Å². The number of carbonyl (C=O) groups excluding carboxylic acids is 1. The molecule has 0 bridgehead atoms. The van der Waals surface area contributed by atoms with E-state index in [0.717, 1.165) is 24.0 Å². The monoisotopic (exact) mass is 257 g/mol. The lowest BCUT2D eigenvalue weighted by molar-refractivity contribution is -0.130. The van der Waals surface area contributed by atoms with Gasteiger partial charge in [0.1, 0.15) is 0 Å². The number of aliphatic imine (C=N–C) groups is 1. The second-order valence-electron chi connectivity index (χ2n) is 4.80. The van der Waals surface area contributed by atoms with Crippen molar-refractivity contribution in [2.24, 2.45) is 4.99 Å². The van der Waals surface area contributed by atoms with Crippen molar-refractivity contribution in [1.29, 1.82) is 0 Å². The van der Waals surface area contributed by atoms with Crippen LogP contribution >= 0.6 is 11.8 Å². The van der Waals surface area contributed by atoms with Gasteiger partial charge in [0.05, 0.1) is 6.54 Å². The maximum atomic E-state index is 11.7. The van der Waals surface area contributed by atoms with E-state index in [4.69, 9.17) is 0 Å². The second kappa shape index (κ2) is 6.28. The minimum Gasteiger partial charge on any atom is -0.359 e. The Kier molecular flexibility index (Phi) is 5.31. The zero-order chi connectivity index (χ0) is 12.9. The first-order chi connectivity index (χ1) is 7.98. The van der Waals surface area contributed by atoms with Crippen molar-refractivity contribution >= 4 is 22.8 Å². The van der Waals surface area contributed by atoms with Crippen molar-refractivity contribution in [2.75, 3.05) is 25.4 Å². The van der Waals surface area contributed by atoms with Gasteiger partial charge in [0.2, 0.25) is 5.91 Å². The molecule has 0 radical (unpaired) electrons. The van der Waals surface area contributed by atoms with Gasteiger partial charge >= 0.3 is 0 Å². The third kappa shape index (κ3) is 4.58. The van der Waals surface area contributed by atoms with Crippen LogP contribution in [0.15, 0.2) is 4.99 Å². The fourth-order valence-corrected chi connectivity index (χ4v) is 2.78. The highest BCUT2D eigenvalue weighted by molar-refractivity contribution is 8.14. The largest absolute Gasteiger partial charge is 0.359 e. The van der Waals surface area contributed by atoms with Gasteiger partial charge in [-0.2, -0.15) is 0 Å². The van der Waals surface area contributed by atoms with E-state index in [0.29, 0.717) is 13.0 Å². The van der Waals surface area contributed by atoms with Crippen molar-refractivity contribution in [3.8, 4) is 0 Å². The van der Waals surface area contributed by atoms with Crippen molar-refractivity contribution in [2.45, 2.75) is 39.7 Å². The summed E-state index contributed by atoms with van der Waals surface area (Å²) in [4.78, 5) is 18.0. The summed E-state index contributed by atoms with van der Waals surface area (Å²) < 4.78 is 0. The number of hydrogen-bond acceptors (Lipinski definition) is 3. The Hall–Kier alpha value is -0.710. The lowest BCUT2D eigenvalue weighted by Crippen LogP contribution is -2.37. The van der Waals surface area contributed by atoms with Crippen molar-refractivity contribution < 1.29 is 4.79 Å². The average Bonchev–Trinajstić information content (AvgIpc) is 2.60. The zero-order valence-corrected chi connectivity index (χ0v) is 12.1. The summed E-state index contributed by atoms with van der Waals surface area (Å²) in [6.45, 7) is 10.5. The first-order valence-corrected chi connectivity index (χ1v) is 7.20. The molecule has 0 aromatic heterocycles. The number of amidine groups is 1. The van der Waals surface area contributed by atoms with Gasteiger partial charge in [0.25, 0.3) is 0 Å². The van der Waals surface area contributed by atoms with Crippen LogP contribution in [0.25, 0.3) is 0 Å². The molecule has 0 aromatic rings. The molecule has 0 aromatic carbocycles. The summed E-state index contributed by atoms with van der Waals surface area (Å²) in [7, 11) is 0. The van der Waals surface area contributed by atoms with Gasteiger partial charge in [-0.15, -0.1) is 0 Å². The van der Waals surface area contributed by atoms with E-state index in [1.54, 1.807) is 11.8 Å². The molecule has 1 fully saturated rings. The molecular weight excluding hydrogens is 234 g/mol. The lowest BCUT2D eigenvalue weighted by Gasteiger charge is -2.18. The molecular formula is C12H23N3OS. The normalized spacial score (nSPS) is 20.4. The third-order valence-electron chi connectivity index (χ3n) is 2.71. The Morgan fingerprint density at radius 3 is 2.59 bits per heavy atom. The van der Waals surface area contributed by atoms with Crippen LogP contribution in [0.2, 0.25) is 0 Å². The first kappa shape index (κ1) is 14.4. The van der Waals surface area contributed by atoms with Crippen LogP contribution in [0.4, 0.5) is 0 Å². The highest BCUT2D eigenvalue weighted by atomic mass is 32.2. The van der Waals surface area contributed by atoms with E-state index in [1.807, 2.05) is 18.7 Å². The standard InChI is InChI=1S/C12H23N3OS/c1-5-15(6-2)10(16)7-8-13-11-14-12(3,4)9-17-11/h5-9H2,1-4H3,(H,13,14). The molecule has 1 N–H and O–H groups in total. The van der Waals surface area contributed by atoms with Crippen LogP contribution in [0.3, 0.4) is 0 Å². The van der Waals surface area contributed by atoms with Crippen LogP contribution < -0.4 is 5.32 Å². The molecule has 0 atom stereocenters. The van der Waals surface area contributed by atoms with E-state index in [-0.39, 0.29) is 11.4 Å². The minimum atomic E-state index is 0.131. The third-order valence-corrected chi connectivity index (χ3v) is 4.08. The van der Waals surface area contributed by atoms with E-state index in [9.17, 15) is 4.79 Å². The number of nitrogens with one attached hydrogen (secondary N) is 1. The number of hydrogen-bond donors (Lipinski definition) is 1. The Bertz CT molecular complexity index is 298. The number of carbonyl (C=O) groups is 1. The number of amides is 1. The highest BCUT2D eigenvalue weighted by Crippen LogP contribution is 2.21. The Morgan fingerprint density at radius 2 is 2.12 bits per heavy atom. The van der Waals surface area contributed by atoms with Crippen molar-refractivity contribution in [3.05, 3.63) is 0 Å². The highest BCUT2D eigenvalue weighted by Gasteiger charge is 2.27. The van der Waals surface area contributed by atoms with Gasteiger partial charge in [-0.25, -0.2) is 0 Å². The molecule has 1 saturated heterocycles. The smallest absolute Gasteiger partial charge is 0.224 e. The fraction of sp³-hybridized carbons (Fsp3) is 0.833. The van der Waals surface area contributed by atoms with Crippen molar-refractivity contribution in [3.63, 3.8) is 0 Å². The second-order valence-corrected chi connectivity index (χ2v) is 5.76. The van der Waals surface area contributed by atoms with E-state index in [2.05, 4.69) is 24.2 Å². The molecule has 0 unspecified atom stereocenters. The Labute approximate surface area is 108 Å². The van der Waals surface area contributed by atoms with Crippen molar-refractivity contribution in [1.82, 2.24) is 10.2 Å². The Morgan fingerprint density at radius 1 is 1.47 bits per heavy atom. The molecule has 0 spiro atoms. The number of thioether (sulfide) groups is 1. The first-order valence-electron chi connectivity index (χ1n) is 6.21. The molecule has 98 valence electrons. The molecule has 1 rings (SSSR count). The molecule has 0 saturated carbocycles. The quantitative estimate of drug-likeness (QED) is 0.815. The van der Waals surface area contributed by atoms with Gasteiger partial charge in [-0.1, -0.05) is 11.8 Å². The number of rotatable bonds is 5. The van der Waals surface area contributed by atoms with E-state index < -0.39 is 0 Å². The van der Waals surface area contributed by atoms with Crippen LogP contribution in [0.5, 0.6) is 0 Å². The molecule has 0 aliphatic carbocycles. The fourth-order valence-electron chi connectivity index (χ4n) is 1.68. The van der Waals surface area contributed by atoms with Crippen LogP contribution in [-0.4, -0.2) is 46.9 Å². The molecule has 17 heavy (non-hydrogen) atoms. The Balaban J connectivity index is 2.33. The summed E-state index contributed by atoms with van der Waals surface area (Å²) in [6, 6.07) is 0. The molecule has 4 nitrogen and oxygen atoms in total. The maximum absolute atomic E-state index is 11.7. The maximum Gasteiger partial charge on any atom is 0.224 e. The molecule has 1 amide bonds. The number of nitrogens with zero attached hydrogens (tertiary/aromatic N) is 2. The van der Waals surface area contributed by atoms with E-state index in [1.165, 1.54) is 0 Å². The predicted molar refractivity (Wildman–Crippen MR) is 74.5 cm³/mol. The van der Waals surface area contributed by atoms with Gasteiger partial charge in [0.15, 0.2) is 5.17 Å². The zero-order valence-electron chi connectivity index (χ0n) is 11.2. The SMILES string of the molecule is CCN(CC)C(=O)CCN=C1NC(C)(C)CS1. The summed E-state index contributed by atoms with van der Waals surface area (Å²) in [5, 5.41) is 4.32. The van der Waals surface area contributed by atoms with Crippen LogP contribution in [0, 0.1) is 0 Å². The average molecular weight is 257 g/mol. The molecule has 1 aliphatic heterocycles. The van der Waals surface area contributed by atoms with Gasteiger partial charge in [-0.3, -0.25) is 9.79 Å². The van der Waals surface area contributed by atoms with Crippen LogP contribution in [0.1, 0.15) is 34.1 Å². The van der Waals surface area contributed by atoms with E-state index >= 15 is 0 Å². The van der Waals surface area contributed by atoms with Gasteiger partial charge in [-0.05, 0) is 27.7 Å².